The molecule has 0 aliphatic carbocycles. The first-order valence-electron chi connectivity index (χ1n) is 21.6. The van der Waals surface area contributed by atoms with Crippen LogP contribution < -0.4 is 5.32 Å². The van der Waals surface area contributed by atoms with Crippen molar-refractivity contribution >= 4 is 29.0 Å². The molecule has 6 N–H and O–H groups in total. The smallest absolute Gasteiger partial charge is 0.311 e. The molecule has 0 saturated carbocycles. The summed E-state index contributed by atoms with van der Waals surface area (Å²) in [6, 6.07) is 4.52. The number of hydrogen-bond acceptors (Lipinski definition) is 14. The number of nitrogens with zero attached hydrogens (tertiary/aromatic N) is 2. The van der Waals surface area contributed by atoms with E-state index in [4.69, 9.17) is 40.6 Å². The second-order valence-corrected chi connectivity index (χ2v) is 19.2. The van der Waals surface area contributed by atoms with Crippen molar-refractivity contribution in [3.8, 4) is 0 Å². The summed E-state index contributed by atoms with van der Waals surface area (Å²) >= 11 is 5.89. The molecule has 4 rings (SSSR count). The number of likely N-dealkylation sites (N-methyl/N-ethyl adjacent to an activating group) is 1. The van der Waals surface area contributed by atoms with Crippen molar-refractivity contribution in [1.82, 2.24) is 9.80 Å². The van der Waals surface area contributed by atoms with Crippen LogP contribution in [0.5, 0.6) is 0 Å². The minimum atomic E-state index is -2.01. The van der Waals surface area contributed by atoms with Gasteiger partial charge in [-0.25, -0.2) is 4.39 Å². The van der Waals surface area contributed by atoms with E-state index in [9.17, 15) is 34.7 Å². The molecule has 0 unspecified atom stereocenters. The summed E-state index contributed by atoms with van der Waals surface area (Å²) in [7, 11) is 5.21. The van der Waals surface area contributed by atoms with Crippen LogP contribution in [0.25, 0.3) is 0 Å². The molecule has 0 spiro atoms. The van der Waals surface area contributed by atoms with Gasteiger partial charge < -0.3 is 69.1 Å². The quantitative estimate of drug-likeness (QED) is 0.163. The van der Waals surface area contributed by atoms with Gasteiger partial charge in [0.25, 0.3) is 0 Å². The minimum Gasteiger partial charge on any atom is -0.459 e. The van der Waals surface area contributed by atoms with E-state index in [-0.39, 0.29) is 43.1 Å². The highest BCUT2D eigenvalue weighted by molar-refractivity contribution is 7.80. The van der Waals surface area contributed by atoms with E-state index in [1.807, 2.05) is 32.8 Å². The summed E-state index contributed by atoms with van der Waals surface area (Å²) in [5.74, 6) is -3.60. The number of aliphatic hydroxyl groups excluding tert-OH is 3. The summed E-state index contributed by atoms with van der Waals surface area (Å²) in [4.78, 5) is 18.0. The van der Waals surface area contributed by atoms with Crippen molar-refractivity contribution in [2.45, 2.75) is 185 Å². The number of rotatable bonds is 8. The molecule has 0 amide bonds. The van der Waals surface area contributed by atoms with Crippen LogP contribution in [0.4, 0.5) is 10.1 Å². The number of nitrogens with one attached hydrogen (secondary N) is 1. The lowest BCUT2D eigenvalue weighted by molar-refractivity contribution is -0.318. The molecule has 3 heterocycles. The van der Waals surface area contributed by atoms with Crippen LogP contribution in [-0.4, -0.2) is 164 Å². The number of hydrogen-bond donors (Lipinski definition) is 6. The van der Waals surface area contributed by atoms with Crippen molar-refractivity contribution < 1.29 is 63.1 Å². The molecule has 3 fully saturated rings. The summed E-state index contributed by atoms with van der Waals surface area (Å²) in [5, 5.41) is 62.8. The van der Waals surface area contributed by atoms with Crippen molar-refractivity contribution in [2.75, 3.05) is 33.1 Å². The number of carbonyl (C=O) groups is 1. The first-order valence-corrected chi connectivity index (χ1v) is 22.0. The molecule has 350 valence electrons. The normalized spacial score (nSPS) is 43.6. The third-order valence-electron chi connectivity index (χ3n) is 13.2. The number of halogens is 1. The van der Waals surface area contributed by atoms with Crippen molar-refractivity contribution in [3.05, 3.63) is 30.1 Å². The highest BCUT2D eigenvalue weighted by atomic mass is 32.1. The topological polar surface area (TPSA) is 192 Å². The Kier molecular flexibility index (Phi) is 17.6. The molecule has 3 saturated heterocycles. The molecule has 61 heavy (non-hydrogen) atoms. The molecule has 17 heteroatoms. The van der Waals surface area contributed by atoms with E-state index < -0.39 is 108 Å². The van der Waals surface area contributed by atoms with Gasteiger partial charge in [0.1, 0.15) is 35.8 Å². The van der Waals surface area contributed by atoms with Gasteiger partial charge in [0.2, 0.25) is 0 Å². The maximum absolute atomic E-state index is 14.5. The van der Waals surface area contributed by atoms with Crippen LogP contribution in [0.3, 0.4) is 0 Å². The Hall–Kier alpha value is -2.13. The molecule has 3 aliphatic rings. The molecule has 0 radical (unpaired) electrons. The van der Waals surface area contributed by atoms with Gasteiger partial charge in [0.15, 0.2) is 17.7 Å². The Morgan fingerprint density at radius 3 is 2.26 bits per heavy atom. The second kappa shape index (κ2) is 20.8. The molecule has 0 bridgehead atoms. The van der Waals surface area contributed by atoms with E-state index in [0.29, 0.717) is 12.1 Å². The summed E-state index contributed by atoms with van der Waals surface area (Å²) in [6.07, 6.45) is -9.57. The van der Waals surface area contributed by atoms with Crippen LogP contribution in [0.2, 0.25) is 0 Å². The Labute approximate surface area is 367 Å². The molecule has 3 aliphatic heterocycles. The summed E-state index contributed by atoms with van der Waals surface area (Å²) in [6.45, 7) is 17.2. The van der Waals surface area contributed by atoms with Gasteiger partial charge in [0, 0.05) is 37.7 Å². The van der Waals surface area contributed by atoms with Crippen LogP contribution in [0, 0.1) is 23.6 Å². The number of benzene rings is 1. The highest BCUT2D eigenvalue weighted by Crippen LogP contribution is 2.40. The summed E-state index contributed by atoms with van der Waals surface area (Å²) < 4.78 is 52.1. The number of methoxy groups -OCH3 is 1. The fraction of sp³-hybridized carbons (Fsp3) is 0.818. The van der Waals surface area contributed by atoms with E-state index >= 15 is 0 Å². The number of carbonyl (C=O) groups excluding carboxylic acids is 1. The van der Waals surface area contributed by atoms with E-state index in [1.54, 1.807) is 59.4 Å². The number of anilines is 1. The third kappa shape index (κ3) is 12.0. The Morgan fingerprint density at radius 1 is 1.02 bits per heavy atom. The van der Waals surface area contributed by atoms with Crippen LogP contribution >= 0.6 is 12.2 Å². The predicted octanol–water partition coefficient (Wildman–Crippen LogP) is 3.81. The van der Waals surface area contributed by atoms with Gasteiger partial charge in [-0.2, -0.15) is 0 Å². The zero-order valence-corrected chi connectivity index (χ0v) is 39.1. The minimum absolute atomic E-state index is 0.0593. The Morgan fingerprint density at radius 2 is 1.67 bits per heavy atom. The number of aliphatic hydroxyl groups is 5. The number of thiocarbonyl (C=S) groups is 1. The maximum atomic E-state index is 14.5. The fourth-order valence-corrected chi connectivity index (χ4v) is 9.90. The van der Waals surface area contributed by atoms with Crippen molar-refractivity contribution in [2.24, 2.45) is 17.8 Å². The fourth-order valence-electron chi connectivity index (χ4n) is 9.54. The molecule has 1 aromatic carbocycles. The lowest BCUT2D eigenvalue weighted by Gasteiger charge is -2.49. The summed E-state index contributed by atoms with van der Waals surface area (Å²) in [5.41, 5.74) is -4.43. The van der Waals surface area contributed by atoms with Gasteiger partial charge in [-0.15, -0.1) is 0 Å². The lowest BCUT2D eigenvalue weighted by Crippen LogP contribution is -2.61. The van der Waals surface area contributed by atoms with Gasteiger partial charge in [-0.05, 0) is 118 Å². The predicted molar refractivity (Wildman–Crippen MR) is 231 cm³/mol. The van der Waals surface area contributed by atoms with E-state index in [2.05, 4.69) is 5.32 Å². The first-order chi connectivity index (χ1) is 28.3. The van der Waals surface area contributed by atoms with Gasteiger partial charge in [-0.1, -0.05) is 26.8 Å². The second-order valence-electron chi connectivity index (χ2n) is 18.8. The molecule has 18 atom stereocenters. The monoisotopic (exact) mass is 887 g/mol. The maximum Gasteiger partial charge on any atom is 0.311 e. The number of esters is 1. The third-order valence-corrected chi connectivity index (χ3v) is 13.6. The average Bonchev–Trinajstić information content (AvgIpc) is 3.18. The molecule has 0 aromatic heterocycles. The van der Waals surface area contributed by atoms with Crippen molar-refractivity contribution in [1.29, 1.82) is 0 Å². The molecular formula is C44H74FN3O12S. The van der Waals surface area contributed by atoms with Crippen LogP contribution in [0.15, 0.2) is 24.3 Å². The van der Waals surface area contributed by atoms with E-state index in [0.717, 1.165) is 0 Å². The molecule has 15 nitrogen and oxygen atoms in total. The Balaban J connectivity index is 1.86. The van der Waals surface area contributed by atoms with Crippen LogP contribution in [-0.2, 0) is 33.2 Å². The standard InChI is InChI=1S/C44H74FN3O12S/c1-14-32-44(10,54)36(50)27(6)48(41(61)46-30-17-15-16-29(45)19-30)22-23(2)20-42(8,53)38(60-40-34(49)31(47(11)12)18-24(3)56-40)25(4)35(26(5)39(52)58-32)59-33-21-43(9,55-13)37(51)28(7)57-33/h15-17,19,23-28,31-38,40,49-51,53-54H,14,18,20-22H2,1-13H3,(H,46,61)/t23-,24-,25+,26-,27-,28+,31-,32-,33+,34-,35+,36-,37+,38-,40+,42-,43-,44-/m1/s1. The Bertz CT molecular complexity index is 1610. The zero-order valence-electron chi connectivity index (χ0n) is 38.3. The van der Waals surface area contributed by atoms with E-state index in [1.165, 1.54) is 32.2 Å². The average molecular weight is 888 g/mol. The van der Waals surface area contributed by atoms with Gasteiger partial charge in [0.05, 0.1) is 47.6 Å². The lowest BCUT2D eigenvalue weighted by atomic mass is 9.77. The zero-order chi connectivity index (χ0) is 45.9. The highest BCUT2D eigenvalue weighted by Gasteiger charge is 2.53. The molecule has 1 aromatic rings. The van der Waals surface area contributed by atoms with Crippen LogP contribution in [0.1, 0.15) is 94.9 Å². The molecular weight excluding hydrogens is 814 g/mol. The largest absolute Gasteiger partial charge is 0.459 e. The number of ether oxygens (including phenoxy) is 6. The first kappa shape index (κ1) is 51.5. The SMILES string of the molecule is CC[C@H]1OC(=O)[C@H](C)[C@@H](O[C@H]2C[C@@](C)(OC)[C@@H](O)[C@H](C)O2)[C@H](C)[C@@H](O[C@@H]2O[C@H](C)C[C@@H](N(C)C)[C@H]2O)[C@](C)(O)C[C@@H](C)CN(C(=S)Nc2cccc(F)c2)[C@H](C)[C@@H](O)[C@]1(C)O. The van der Waals surface area contributed by atoms with Gasteiger partial charge >= 0.3 is 5.97 Å². The number of cyclic esters (lactones) is 1. The van der Waals surface area contributed by atoms with Crippen molar-refractivity contribution in [3.63, 3.8) is 0 Å². The van der Waals surface area contributed by atoms with Gasteiger partial charge in [-0.3, -0.25) is 4.79 Å².